The van der Waals surface area contributed by atoms with E-state index >= 15 is 0 Å². The highest BCUT2D eigenvalue weighted by molar-refractivity contribution is 5.78. The van der Waals surface area contributed by atoms with Crippen LogP contribution in [0, 0.1) is 0 Å². The van der Waals surface area contributed by atoms with Crippen LogP contribution in [0.4, 0.5) is 9.59 Å². The van der Waals surface area contributed by atoms with Crippen LogP contribution < -0.4 is 15.4 Å². The summed E-state index contributed by atoms with van der Waals surface area (Å²) in [4.78, 5) is 27.5. The number of piperazine rings is 1. The number of carbonyl (C=O) groups excluding carboxylic acids is 2. The number of nitrogens with one attached hydrogen (secondary N) is 2. The predicted molar refractivity (Wildman–Crippen MR) is 99.5 cm³/mol. The third-order valence-corrected chi connectivity index (χ3v) is 4.85. The zero-order chi connectivity index (χ0) is 18.7. The van der Waals surface area contributed by atoms with E-state index in [0.717, 1.165) is 11.3 Å². The summed E-state index contributed by atoms with van der Waals surface area (Å²) in [6.45, 7) is 9.63. The van der Waals surface area contributed by atoms with Crippen LogP contribution in [0.5, 0.6) is 5.75 Å². The molecule has 2 N–H and O–H groups in total. The normalized spacial score (nSPS) is 19.8. The molecule has 0 radical (unpaired) electrons. The Morgan fingerprint density at radius 2 is 2.08 bits per heavy atom. The molecule has 4 amide bonds. The third-order valence-electron chi connectivity index (χ3n) is 4.85. The second kappa shape index (κ2) is 7.43. The van der Waals surface area contributed by atoms with Gasteiger partial charge in [-0.15, -0.1) is 0 Å². The summed E-state index contributed by atoms with van der Waals surface area (Å²) in [5, 5.41) is 5.73. The number of rotatable bonds is 4. The SMILES string of the molecule is CC(C)(C)c1ccccc1OCCNC(=O)N1CCN2C(=O)NCC2C1. The summed E-state index contributed by atoms with van der Waals surface area (Å²) in [7, 11) is 0. The molecule has 26 heavy (non-hydrogen) atoms. The second-order valence-corrected chi connectivity index (χ2v) is 7.81. The van der Waals surface area contributed by atoms with Crippen LogP contribution in [0.2, 0.25) is 0 Å². The molecule has 0 aromatic heterocycles. The Labute approximate surface area is 154 Å². The molecule has 142 valence electrons. The average Bonchev–Trinajstić information content (AvgIpc) is 2.98. The monoisotopic (exact) mass is 360 g/mol. The molecule has 2 aliphatic rings. The maximum absolute atomic E-state index is 12.3. The van der Waals surface area contributed by atoms with E-state index in [2.05, 4.69) is 37.5 Å². The van der Waals surface area contributed by atoms with Gasteiger partial charge in [0.05, 0.1) is 12.6 Å². The van der Waals surface area contributed by atoms with Crippen molar-refractivity contribution >= 4 is 12.1 Å². The molecule has 1 unspecified atom stereocenters. The maximum atomic E-state index is 12.3. The van der Waals surface area contributed by atoms with Gasteiger partial charge >= 0.3 is 12.1 Å². The first-order valence-electron chi connectivity index (χ1n) is 9.16. The van der Waals surface area contributed by atoms with Crippen molar-refractivity contribution in [3.8, 4) is 5.75 Å². The Balaban J connectivity index is 1.44. The molecule has 0 bridgehead atoms. The highest BCUT2D eigenvalue weighted by Crippen LogP contribution is 2.30. The van der Waals surface area contributed by atoms with Crippen molar-refractivity contribution in [3.63, 3.8) is 0 Å². The van der Waals surface area contributed by atoms with Gasteiger partial charge in [0.25, 0.3) is 0 Å². The summed E-state index contributed by atoms with van der Waals surface area (Å²) in [5.41, 5.74) is 1.16. The maximum Gasteiger partial charge on any atom is 0.317 e. The molecule has 1 aromatic carbocycles. The van der Waals surface area contributed by atoms with E-state index < -0.39 is 0 Å². The third kappa shape index (κ3) is 4.03. The minimum absolute atomic E-state index is 0.00622. The summed E-state index contributed by atoms with van der Waals surface area (Å²) in [6, 6.07) is 7.96. The van der Waals surface area contributed by atoms with E-state index in [9.17, 15) is 9.59 Å². The lowest BCUT2D eigenvalue weighted by Crippen LogP contribution is -2.56. The van der Waals surface area contributed by atoms with Crippen LogP contribution in [-0.4, -0.2) is 67.2 Å². The van der Waals surface area contributed by atoms with Crippen molar-refractivity contribution in [2.75, 3.05) is 39.3 Å². The fourth-order valence-electron chi connectivity index (χ4n) is 3.43. The van der Waals surface area contributed by atoms with E-state index in [0.29, 0.717) is 39.3 Å². The summed E-state index contributed by atoms with van der Waals surface area (Å²) >= 11 is 0. The molecule has 0 saturated carbocycles. The van der Waals surface area contributed by atoms with Crippen molar-refractivity contribution in [2.24, 2.45) is 0 Å². The fraction of sp³-hybridized carbons (Fsp3) is 0.579. The van der Waals surface area contributed by atoms with Gasteiger partial charge in [0.2, 0.25) is 0 Å². The van der Waals surface area contributed by atoms with Gasteiger partial charge in [-0.1, -0.05) is 39.0 Å². The number of para-hydroxylation sites is 1. The van der Waals surface area contributed by atoms with Crippen molar-refractivity contribution in [1.82, 2.24) is 20.4 Å². The molecular weight excluding hydrogens is 332 g/mol. The topological polar surface area (TPSA) is 73.9 Å². The molecule has 1 atom stereocenters. The minimum atomic E-state index is -0.100. The molecule has 0 aliphatic carbocycles. The first kappa shape index (κ1) is 18.4. The predicted octanol–water partition coefficient (Wildman–Crippen LogP) is 1.78. The van der Waals surface area contributed by atoms with Crippen LogP contribution in [0.1, 0.15) is 26.3 Å². The lowest BCUT2D eigenvalue weighted by Gasteiger charge is -2.36. The largest absolute Gasteiger partial charge is 0.491 e. The van der Waals surface area contributed by atoms with E-state index in [1.165, 1.54) is 0 Å². The summed E-state index contributed by atoms with van der Waals surface area (Å²) in [5.74, 6) is 0.860. The molecule has 7 nitrogen and oxygen atoms in total. The lowest BCUT2D eigenvalue weighted by molar-refractivity contribution is 0.129. The van der Waals surface area contributed by atoms with Crippen molar-refractivity contribution in [2.45, 2.75) is 32.2 Å². The Bertz CT molecular complexity index is 671. The zero-order valence-electron chi connectivity index (χ0n) is 15.7. The highest BCUT2D eigenvalue weighted by Gasteiger charge is 2.36. The quantitative estimate of drug-likeness (QED) is 0.804. The zero-order valence-corrected chi connectivity index (χ0v) is 15.7. The van der Waals surface area contributed by atoms with Crippen LogP contribution in [-0.2, 0) is 5.41 Å². The van der Waals surface area contributed by atoms with Gasteiger partial charge in [0.1, 0.15) is 12.4 Å². The first-order valence-corrected chi connectivity index (χ1v) is 9.16. The van der Waals surface area contributed by atoms with Crippen molar-refractivity contribution in [3.05, 3.63) is 29.8 Å². The number of fused-ring (bicyclic) bond motifs is 1. The Kier molecular flexibility index (Phi) is 5.25. The second-order valence-electron chi connectivity index (χ2n) is 7.81. The van der Waals surface area contributed by atoms with Crippen LogP contribution >= 0.6 is 0 Å². The van der Waals surface area contributed by atoms with Gasteiger partial charge in [-0.05, 0) is 17.0 Å². The Morgan fingerprint density at radius 3 is 2.85 bits per heavy atom. The number of hydrogen-bond acceptors (Lipinski definition) is 3. The van der Waals surface area contributed by atoms with Crippen LogP contribution in [0.3, 0.4) is 0 Å². The molecule has 7 heteroatoms. The number of urea groups is 2. The van der Waals surface area contributed by atoms with Gasteiger partial charge in [-0.2, -0.15) is 0 Å². The smallest absolute Gasteiger partial charge is 0.317 e. The van der Waals surface area contributed by atoms with Crippen molar-refractivity contribution in [1.29, 1.82) is 0 Å². The van der Waals surface area contributed by atoms with Gasteiger partial charge in [-0.3, -0.25) is 0 Å². The lowest BCUT2D eigenvalue weighted by atomic mass is 9.86. The molecule has 2 heterocycles. The van der Waals surface area contributed by atoms with E-state index in [1.807, 2.05) is 18.2 Å². The van der Waals surface area contributed by atoms with Gasteiger partial charge in [-0.25, -0.2) is 9.59 Å². The minimum Gasteiger partial charge on any atom is -0.491 e. The average molecular weight is 360 g/mol. The standard InChI is InChI=1S/C19H28N4O3/c1-19(2,3)15-6-4-5-7-16(15)26-11-8-20-17(24)22-9-10-23-14(13-22)12-21-18(23)25/h4-7,14H,8-13H2,1-3H3,(H,20,24)(H,21,25). The number of carbonyl (C=O) groups is 2. The van der Waals surface area contributed by atoms with Gasteiger partial charge < -0.3 is 25.2 Å². The first-order chi connectivity index (χ1) is 12.4. The number of hydrogen-bond donors (Lipinski definition) is 2. The van der Waals surface area contributed by atoms with E-state index in [4.69, 9.17) is 4.74 Å². The molecule has 2 saturated heterocycles. The van der Waals surface area contributed by atoms with E-state index in [1.54, 1.807) is 9.80 Å². The Morgan fingerprint density at radius 1 is 1.31 bits per heavy atom. The molecular formula is C19H28N4O3. The number of benzene rings is 1. The molecule has 1 aromatic rings. The van der Waals surface area contributed by atoms with Crippen LogP contribution in [0.15, 0.2) is 24.3 Å². The molecule has 3 rings (SSSR count). The fourth-order valence-corrected chi connectivity index (χ4v) is 3.43. The molecule has 2 aliphatic heterocycles. The number of ether oxygens (including phenoxy) is 1. The van der Waals surface area contributed by atoms with Gasteiger partial charge in [0.15, 0.2) is 0 Å². The Hall–Kier alpha value is -2.44. The van der Waals surface area contributed by atoms with Crippen LogP contribution in [0.25, 0.3) is 0 Å². The molecule has 2 fully saturated rings. The summed E-state index contributed by atoms with van der Waals surface area (Å²) < 4.78 is 5.89. The molecule has 0 spiro atoms. The highest BCUT2D eigenvalue weighted by atomic mass is 16.5. The number of nitrogens with zero attached hydrogens (tertiary/aromatic N) is 2. The summed E-state index contributed by atoms with van der Waals surface area (Å²) in [6.07, 6.45) is 0. The number of amides is 4. The van der Waals surface area contributed by atoms with Crippen molar-refractivity contribution < 1.29 is 14.3 Å². The van der Waals surface area contributed by atoms with E-state index in [-0.39, 0.29) is 23.5 Å². The van der Waals surface area contributed by atoms with Gasteiger partial charge in [0, 0.05) is 26.2 Å².